The number of benzene rings is 3. The predicted octanol–water partition coefficient (Wildman–Crippen LogP) is 5.92. The van der Waals surface area contributed by atoms with Crippen LogP contribution in [0.2, 0.25) is 0 Å². The van der Waals surface area contributed by atoms with E-state index in [2.05, 4.69) is 31.2 Å². The van der Waals surface area contributed by atoms with Gasteiger partial charge in [-0.3, -0.25) is 42.9 Å². The highest BCUT2D eigenvalue weighted by Crippen LogP contribution is 2.40. The van der Waals surface area contributed by atoms with Gasteiger partial charge in [0.2, 0.25) is 35.4 Å². The Balaban J connectivity index is 0.863. The Morgan fingerprint density at radius 3 is 2.32 bits per heavy atom. The van der Waals surface area contributed by atoms with Gasteiger partial charge in [-0.2, -0.15) is 0 Å². The highest BCUT2D eigenvalue weighted by molar-refractivity contribution is 7.70. The van der Waals surface area contributed by atoms with E-state index in [-0.39, 0.29) is 86.7 Å². The number of aromatic amines is 1. The summed E-state index contributed by atoms with van der Waals surface area (Å²) in [4.78, 5) is 138. The molecule has 3 saturated heterocycles. The Kier molecular flexibility index (Phi) is 20.1. The van der Waals surface area contributed by atoms with Crippen LogP contribution >= 0.6 is 18.9 Å². The fourth-order valence-corrected chi connectivity index (χ4v) is 12.8. The fraction of sp³-hybridized carbons (Fsp3) is 0.483. The molecule has 8 atom stereocenters. The summed E-state index contributed by atoms with van der Waals surface area (Å²) in [5, 5.41) is 22.7. The van der Waals surface area contributed by atoms with Crippen LogP contribution in [0.3, 0.4) is 0 Å². The summed E-state index contributed by atoms with van der Waals surface area (Å²) in [6.07, 6.45) is 2.13. The van der Waals surface area contributed by atoms with Crippen LogP contribution in [-0.2, 0) is 39.8 Å². The third-order valence-electron chi connectivity index (χ3n) is 16.0. The molecule has 3 aromatic carbocycles. The monoisotopic (exact) mass is 1210 g/mol. The first-order valence-electron chi connectivity index (χ1n) is 28.6. The van der Waals surface area contributed by atoms with Crippen molar-refractivity contribution in [3.05, 3.63) is 106 Å². The standard InChI is InChI=1S/C60H75FN9O13PS/c1-32-24-37(10-9-13-50(73)68-53(60(4,5)6)58(78)69-29-42(71)28-47(69)56(76)64-33(2)35-14-16-36(17-15-35)52-34(3)63-31-85-52)51(61)48(25-32)83-30-40(19-23-49(62)72)65-55(75)46-22-20-41-11-7-8-12-44(57(77)70(41)46)67-54(74)45-27-39-26-38(18-21-43(39)66-45)59(79)84(80,81)82/h14-18,21,24-27,31,33,40-42,44,46-47,53,66,71H,7-13,19-20,22-23,28-30H2,1-6H3,(H2,62,72)(H,64,76)(H,65,75)(H,67,74)(H,68,73)(H2,80,81,82)/t33-,40-,41-,42+,44-,46-,47-,53+/m0/s1. The molecule has 10 N–H and O–H groups in total. The van der Waals surface area contributed by atoms with Gasteiger partial charge in [0.1, 0.15) is 36.5 Å². The van der Waals surface area contributed by atoms with Crippen molar-refractivity contribution in [3.8, 4) is 16.2 Å². The lowest BCUT2D eigenvalue weighted by Gasteiger charge is -2.35. The molecule has 0 unspecified atom stereocenters. The molecule has 5 heterocycles. The van der Waals surface area contributed by atoms with Gasteiger partial charge in [-0.1, -0.05) is 63.9 Å². The summed E-state index contributed by atoms with van der Waals surface area (Å²) >= 11 is 1.54. The molecular weight excluding hydrogens is 1140 g/mol. The summed E-state index contributed by atoms with van der Waals surface area (Å²) in [5.74, 6) is -4.58. The summed E-state index contributed by atoms with van der Waals surface area (Å²) in [6.45, 7) is 10.5. The second-order valence-electron chi connectivity index (χ2n) is 23.6. The molecule has 2 aromatic heterocycles. The number of likely N-dealkylation sites (tertiary alicyclic amines) is 1. The molecule has 85 heavy (non-hydrogen) atoms. The van der Waals surface area contributed by atoms with Crippen LogP contribution in [-0.4, -0.2) is 137 Å². The Morgan fingerprint density at radius 2 is 1.64 bits per heavy atom. The van der Waals surface area contributed by atoms with Gasteiger partial charge >= 0.3 is 7.60 Å². The van der Waals surface area contributed by atoms with Gasteiger partial charge in [-0.25, -0.2) is 9.37 Å². The molecule has 3 aliphatic heterocycles. The predicted molar refractivity (Wildman–Crippen MR) is 314 cm³/mol. The van der Waals surface area contributed by atoms with Crippen LogP contribution in [0.15, 0.2) is 66.2 Å². The van der Waals surface area contributed by atoms with Gasteiger partial charge < -0.3 is 61.4 Å². The first-order chi connectivity index (χ1) is 40.2. The van der Waals surface area contributed by atoms with E-state index in [0.29, 0.717) is 48.6 Å². The number of hydrogen-bond donors (Lipinski definition) is 9. The number of β-amino-alcohol motifs (C(OH)–C–C–N with tert-alkyl or cyclic N) is 1. The molecule has 25 heteroatoms. The van der Waals surface area contributed by atoms with E-state index in [1.54, 1.807) is 50.6 Å². The molecule has 0 bridgehead atoms. The van der Waals surface area contributed by atoms with Crippen LogP contribution in [0, 0.1) is 25.1 Å². The highest BCUT2D eigenvalue weighted by Gasteiger charge is 2.46. The normalized spacial score (nSPS) is 20.2. The Hall–Kier alpha value is -7.37. The number of halogens is 1. The largest absolute Gasteiger partial charge is 0.488 e. The van der Waals surface area contributed by atoms with Crippen molar-refractivity contribution >= 4 is 76.7 Å². The van der Waals surface area contributed by atoms with Crippen molar-refractivity contribution < 1.29 is 66.9 Å². The first-order valence-corrected chi connectivity index (χ1v) is 31.1. The Morgan fingerprint density at radius 1 is 0.918 bits per heavy atom. The number of H-pyrrole nitrogens is 1. The minimum Gasteiger partial charge on any atom is -0.488 e. The number of rotatable bonds is 22. The molecule has 5 aromatic rings. The molecule has 3 aliphatic rings. The number of amides is 7. The molecule has 0 spiro atoms. The van der Waals surface area contributed by atoms with Crippen LogP contribution in [0.5, 0.6) is 5.75 Å². The number of hydrogen-bond acceptors (Lipinski definition) is 13. The van der Waals surface area contributed by atoms with Gasteiger partial charge in [0.25, 0.3) is 11.4 Å². The second kappa shape index (κ2) is 26.9. The van der Waals surface area contributed by atoms with E-state index in [4.69, 9.17) is 10.5 Å². The molecular formula is C60H75FN9O13PS. The molecule has 456 valence electrons. The maximum Gasteiger partial charge on any atom is 0.396 e. The first kappa shape index (κ1) is 63.6. The number of carbonyl (C=O) groups is 8. The molecule has 0 saturated carbocycles. The third kappa shape index (κ3) is 15.6. The van der Waals surface area contributed by atoms with E-state index in [9.17, 15) is 57.8 Å². The minimum atomic E-state index is -5.06. The topological polar surface area (TPSA) is 333 Å². The van der Waals surface area contributed by atoms with Crippen molar-refractivity contribution in [1.29, 1.82) is 0 Å². The molecule has 8 rings (SSSR count). The van der Waals surface area contributed by atoms with Crippen LogP contribution in [0.25, 0.3) is 21.3 Å². The Bertz CT molecular complexity index is 3400. The van der Waals surface area contributed by atoms with Gasteiger partial charge in [-0.05, 0) is 124 Å². The molecule has 7 amide bonds. The zero-order valence-corrected chi connectivity index (χ0v) is 50.2. The lowest BCUT2D eigenvalue weighted by atomic mass is 9.85. The van der Waals surface area contributed by atoms with Crippen LogP contribution in [0.1, 0.15) is 148 Å². The second-order valence-corrected chi connectivity index (χ2v) is 26.0. The minimum absolute atomic E-state index is 0.0175. The molecule has 3 fully saturated rings. The van der Waals surface area contributed by atoms with Crippen molar-refractivity contribution in [2.45, 2.75) is 167 Å². The number of nitrogens with one attached hydrogen (secondary N) is 5. The zero-order valence-electron chi connectivity index (χ0n) is 48.4. The van der Waals surface area contributed by atoms with Gasteiger partial charge in [0.15, 0.2) is 11.6 Å². The number of nitrogens with zero attached hydrogens (tertiary/aromatic N) is 3. The third-order valence-corrected chi connectivity index (χ3v) is 17.8. The Labute approximate surface area is 495 Å². The van der Waals surface area contributed by atoms with E-state index in [1.807, 2.05) is 38.1 Å². The maximum absolute atomic E-state index is 16.4. The van der Waals surface area contributed by atoms with E-state index in [0.717, 1.165) is 21.7 Å². The molecule has 22 nitrogen and oxygen atoms in total. The zero-order chi connectivity index (χ0) is 61.7. The number of aliphatic hydroxyl groups is 1. The smallest absolute Gasteiger partial charge is 0.396 e. The van der Waals surface area contributed by atoms with Gasteiger partial charge in [0, 0.05) is 48.3 Å². The number of carbonyl (C=O) groups excluding carboxylic acids is 8. The van der Waals surface area contributed by atoms with E-state index < -0.39 is 108 Å². The van der Waals surface area contributed by atoms with Crippen molar-refractivity contribution in [2.24, 2.45) is 11.1 Å². The number of aryl methyl sites for hydroxylation is 3. The lowest BCUT2D eigenvalue weighted by Crippen LogP contribution is -2.57. The number of aliphatic hydroxyl groups excluding tert-OH is 1. The summed E-state index contributed by atoms with van der Waals surface area (Å²) < 4.78 is 34.0. The van der Waals surface area contributed by atoms with Gasteiger partial charge in [-0.15, -0.1) is 11.3 Å². The van der Waals surface area contributed by atoms with E-state index >= 15 is 4.39 Å². The van der Waals surface area contributed by atoms with Gasteiger partial charge in [0.05, 0.1) is 34.3 Å². The quantitative estimate of drug-likeness (QED) is 0.0364. The summed E-state index contributed by atoms with van der Waals surface area (Å²) in [6, 6.07) is 10.5. The van der Waals surface area contributed by atoms with Crippen molar-refractivity contribution in [1.82, 2.24) is 41.0 Å². The van der Waals surface area contributed by atoms with Crippen LogP contribution in [0.4, 0.5) is 4.39 Å². The average Bonchev–Trinajstić information content (AvgIpc) is 4.49. The number of nitrogens with two attached hydrogens (primary N) is 1. The maximum atomic E-state index is 16.4. The highest BCUT2D eigenvalue weighted by atomic mass is 32.1. The number of fused-ring (bicyclic) bond motifs is 2. The van der Waals surface area contributed by atoms with Crippen molar-refractivity contribution in [2.75, 3.05) is 13.2 Å². The molecule has 0 radical (unpaired) electrons. The number of ether oxygens (including phenoxy) is 1. The number of primary amides is 1. The van der Waals surface area contributed by atoms with E-state index in [1.165, 1.54) is 40.1 Å². The molecule has 0 aliphatic carbocycles. The van der Waals surface area contributed by atoms with Crippen LogP contribution < -0.4 is 31.7 Å². The number of aromatic nitrogens is 2. The summed E-state index contributed by atoms with van der Waals surface area (Å²) in [5.41, 5.74) is 8.98. The fourth-order valence-electron chi connectivity index (χ4n) is 11.5. The van der Waals surface area contributed by atoms with Crippen molar-refractivity contribution in [3.63, 3.8) is 0 Å². The average molecular weight is 1210 g/mol. The lowest BCUT2D eigenvalue weighted by molar-refractivity contribution is -0.144. The summed E-state index contributed by atoms with van der Waals surface area (Å²) in [7, 11) is -5.06. The SMILES string of the molecule is Cc1cc(CCCC(=O)N[C@H](C(=O)N2C[C@H](O)C[C@H]2C(=O)N[C@@H](C)c2ccc(-c3scnc3C)cc2)C(C)(C)C)c(F)c(OC[C@H](CCC(N)=O)NC(=O)[C@@H]2CC[C@@H]3CCCC[C@H](NC(=O)c4cc5cc(C(=O)P(=O)(O)O)ccc5[nH]4)C(=O)N32)c1. The number of thiazole rings is 1.